The molecule has 0 heterocycles. The molecule has 0 aromatic rings. The molecule has 0 fully saturated rings. The van der Waals surface area contributed by atoms with Crippen LogP contribution in [0.25, 0.3) is 0 Å². The Hall–Kier alpha value is -1.48. The van der Waals surface area contributed by atoms with E-state index in [2.05, 4.69) is 16.1 Å². The molecule has 0 radical (unpaired) electrons. The topological polar surface area (TPSA) is 18.5 Å². The van der Waals surface area contributed by atoms with Crippen molar-refractivity contribution in [2.75, 3.05) is 0 Å². The number of ether oxygens (including phenoxy) is 2. The van der Waals surface area contributed by atoms with Crippen LogP contribution in [0, 0.1) is 0 Å². The number of halogens is 8. The average Bonchev–Trinajstić information content (AvgIpc) is 2.07. The van der Waals surface area contributed by atoms with Gasteiger partial charge in [-0.05, 0) is 0 Å². The summed E-state index contributed by atoms with van der Waals surface area (Å²) < 4.78 is 103. The second-order valence-electron chi connectivity index (χ2n) is 2.42. The summed E-state index contributed by atoms with van der Waals surface area (Å²) in [4.78, 5) is 0. The summed E-state index contributed by atoms with van der Waals surface area (Å²) in [6.07, 6.45) is -16.4. The summed E-state index contributed by atoms with van der Waals surface area (Å²) in [5, 5.41) is 0. The largest absolute Gasteiger partial charge is 0.478 e. The number of hydrogen-bond acceptors (Lipinski definition) is 2. The van der Waals surface area contributed by atoms with E-state index in [1.54, 1.807) is 0 Å². The first kappa shape index (κ1) is 15.5. The Bertz CT molecular complexity index is 284. The molecule has 0 saturated carbocycles. The van der Waals surface area contributed by atoms with Gasteiger partial charge in [-0.15, -0.1) is 0 Å². The Morgan fingerprint density at radius 2 is 1.29 bits per heavy atom. The van der Waals surface area contributed by atoms with Gasteiger partial charge in [-0.1, -0.05) is 6.58 Å². The molecular weight excluding hydrogens is 268 g/mol. The van der Waals surface area contributed by atoms with E-state index in [4.69, 9.17) is 0 Å². The quantitative estimate of drug-likeness (QED) is 0.441. The third-order valence-electron chi connectivity index (χ3n) is 1.31. The molecule has 0 atom stereocenters. The monoisotopic (exact) mass is 272 g/mol. The molecule has 0 saturated heterocycles. The van der Waals surface area contributed by atoms with E-state index in [1.807, 2.05) is 0 Å². The fourth-order valence-corrected chi connectivity index (χ4v) is 0.701. The molecule has 2 nitrogen and oxygen atoms in total. The zero-order valence-electron chi connectivity index (χ0n) is 7.70. The standard InChI is InChI=1S/C7H4F8O2/c1-2-16-5(6(10,11)12,7(13,14)15)17-3-4(8)9/h2-3H,1H2. The highest BCUT2D eigenvalue weighted by Crippen LogP contribution is 2.47. The molecule has 10 heteroatoms. The van der Waals surface area contributed by atoms with E-state index in [9.17, 15) is 35.1 Å². The van der Waals surface area contributed by atoms with Crippen LogP contribution in [-0.4, -0.2) is 18.1 Å². The van der Waals surface area contributed by atoms with Crippen LogP contribution in [0.15, 0.2) is 25.2 Å². The smallest absolute Gasteiger partial charge is 0.447 e. The Labute approximate surface area is 89.1 Å². The van der Waals surface area contributed by atoms with E-state index >= 15 is 0 Å². The first-order chi connectivity index (χ1) is 7.48. The summed E-state index contributed by atoms with van der Waals surface area (Å²) in [5.41, 5.74) is 0. The highest BCUT2D eigenvalue weighted by atomic mass is 19.4. The lowest BCUT2D eigenvalue weighted by molar-refractivity contribution is -0.445. The highest BCUT2D eigenvalue weighted by Gasteiger charge is 2.77. The van der Waals surface area contributed by atoms with Gasteiger partial charge in [-0.2, -0.15) is 35.1 Å². The minimum absolute atomic E-state index is 0.217. The number of hydrogen-bond donors (Lipinski definition) is 0. The van der Waals surface area contributed by atoms with Crippen LogP contribution in [0.3, 0.4) is 0 Å². The van der Waals surface area contributed by atoms with Crippen LogP contribution in [0.2, 0.25) is 0 Å². The van der Waals surface area contributed by atoms with E-state index in [0.717, 1.165) is 0 Å². The lowest BCUT2D eigenvalue weighted by atomic mass is 10.2. The molecule has 0 bridgehead atoms. The SMILES string of the molecule is C=COC(OC=C(F)F)(C(F)(F)F)C(F)(F)F. The molecule has 17 heavy (non-hydrogen) atoms. The van der Waals surface area contributed by atoms with Gasteiger partial charge in [0.1, 0.15) is 0 Å². The number of alkyl halides is 6. The Kier molecular flexibility index (Phi) is 4.38. The Morgan fingerprint density at radius 1 is 0.882 bits per heavy atom. The van der Waals surface area contributed by atoms with Crippen LogP contribution < -0.4 is 0 Å². The van der Waals surface area contributed by atoms with Gasteiger partial charge in [-0.3, -0.25) is 0 Å². The van der Waals surface area contributed by atoms with Gasteiger partial charge in [0, 0.05) is 0 Å². The Morgan fingerprint density at radius 3 is 1.53 bits per heavy atom. The maximum Gasteiger partial charge on any atom is 0.478 e. The van der Waals surface area contributed by atoms with Crippen LogP contribution in [0.5, 0.6) is 0 Å². The first-order valence-electron chi connectivity index (χ1n) is 3.59. The molecule has 0 rings (SSSR count). The van der Waals surface area contributed by atoms with Gasteiger partial charge in [0.2, 0.25) is 0 Å². The minimum atomic E-state index is -6.13. The normalized spacial score (nSPS) is 12.9. The molecule has 0 aromatic heterocycles. The second-order valence-corrected chi connectivity index (χ2v) is 2.42. The van der Waals surface area contributed by atoms with Gasteiger partial charge in [0.25, 0.3) is 0 Å². The predicted molar refractivity (Wildman–Crippen MR) is 37.5 cm³/mol. The third kappa shape index (κ3) is 3.24. The van der Waals surface area contributed by atoms with Crippen molar-refractivity contribution in [1.82, 2.24) is 0 Å². The highest BCUT2D eigenvalue weighted by molar-refractivity contribution is 4.92. The fraction of sp³-hybridized carbons (Fsp3) is 0.429. The van der Waals surface area contributed by atoms with Crippen LogP contribution in [0.4, 0.5) is 35.1 Å². The molecular formula is C7H4F8O2. The summed E-state index contributed by atoms with van der Waals surface area (Å²) in [6.45, 7) is 2.49. The average molecular weight is 272 g/mol. The van der Waals surface area contributed by atoms with Crippen molar-refractivity contribution in [3.8, 4) is 0 Å². The van der Waals surface area contributed by atoms with Crippen molar-refractivity contribution in [2.45, 2.75) is 18.1 Å². The lowest BCUT2D eigenvalue weighted by Crippen LogP contribution is -2.59. The van der Waals surface area contributed by atoms with Gasteiger partial charge in [0.05, 0.1) is 6.26 Å². The van der Waals surface area contributed by atoms with Crippen molar-refractivity contribution in [1.29, 1.82) is 0 Å². The molecule has 0 N–H and O–H groups in total. The molecule has 0 aliphatic carbocycles. The zero-order chi connectivity index (χ0) is 13.9. The van der Waals surface area contributed by atoms with E-state index in [-0.39, 0.29) is 6.26 Å². The minimum Gasteiger partial charge on any atom is -0.447 e. The molecule has 0 unspecified atom stereocenters. The summed E-state index contributed by atoms with van der Waals surface area (Å²) in [6, 6.07) is 0. The van der Waals surface area contributed by atoms with Crippen molar-refractivity contribution in [2.24, 2.45) is 0 Å². The maximum absolute atomic E-state index is 12.2. The van der Waals surface area contributed by atoms with Crippen LogP contribution in [-0.2, 0) is 9.47 Å². The summed E-state index contributed by atoms with van der Waals surface area (Å²) in [5.74, 6) is -5.22. The second kappa shape index (κ2) is 4.80. The van der Waals surface area contributed by atoms with Crippen LogP contribution >= 0.6 is 0 Å². The lowest BCUT2D eigenvalue weighted by Gasteiger charge is -2.34. The fourth-order valence-electron chi connectivity index (χ4n) is 0.701. The van der Waals surface area contributed by atoms with Crippen molar-refractivity contribution in [3.05, 3.63) is 25.2 Å². The van der Waals surface area contributed by atoms with Gasteiger partial charge in [-0.25, -0.2) is 0 Å². The maximum atomic E-state index is 12.2. The predicted octanol–water partition coefficient (Wildman–Crippen LogP) is 3.72. The Balaban J connectivity index is 5.58. The van der Waals surface area contributed by atoms with Crippen molar-refractivity contribution in [3.63, 3.8) is 0 Å². The number of rotatable bonds is 4. The summed E-state index contributed by atoms with van der Waals surface area (Å²) >= 11 is 0. The molecule has 0 aliphatic rings. The van der Waals surface area contributed by atoms with Gasteiger partial charge >= 0.3 is 24.2 Å². The molecule has 100 valence electrons. The van der Waals surface area contributed by atoms with Crippen molar-refractivity contribution >= 4 is 0 Å². The van der Waals surface area contributed by atoms with E-state index in [1.165, 1.54) is 0 Å². The molecule has 0 amide bonds. The van der Waals surface area contributed by atoms with Gasteiger partial charge in [0.15, 0.2) is 6.26 Å². The van der Waals surface area contributed by atoms with Gasteiger partial charge < -0.3 is 9.47 Å². The van der Waals surface area contributed by atoms with E-state index in [0.29, 0.717) is 0 Å². The third-order valence-corrected chi connectivity index (χ3v) is 1.31. The van der Waals surface area contributed by atoms with Crippen LogP contribution in [0.1, 0.15) is 0 Å². The van der Waals surface area contributed by atoms with Crippen molar-refractivity contribution < 1.29 is 44.6 Å². The first-order valence-corrected chi connectivity index (χ1v) is 3.59. The van der Waals surface area contributed by atoms with E-state index < -0.39 is 30.5 Å². The summed E-state index contributed by atoms with van der Waals surface area (Å²) in [7, 11) is 0. The zero-order valence-corrected chi connectivity index (χ0v) is 7.70. The molecule has 0 spiro atoms. The molecule has 0 aliphatic heterocycles. The molecule has 0 aromatic carbocycles.